The van der Waals surface area contributed by atoms with Crippen LogP contribution in [0, 0.1) is 0 Å². The van der Waals surface area contributed by atoms with Crippen LogP contribution >= 0.6 is 0 Å². The third-order valence-corrected chi connectivity index (χ3v) is 4.05. The topological polar surface area (TPSA) is 38.9 Å². The van der Waals surface area contributed by atoms with Crippen molar-refractivity contribution in [2.75, 3.05) is 13.6 Å². The largest absolute Gasteiger partial charge is 0.330 e. The first kappa shape index (κ1) is 14.8. The quantitative estimate of drug-likeness (QED) is 0.701. The Morgan fingerprint density at radius 2 is 2.00 bits per heavy atom. The van der Waals surface area contributed by atoms with Crippen LogP contribution in [0.1, 0.15) is 17.8 Å². The predicted octanol–water partition coefficient (Wildman–Crippen LogP) is 2.37. The maximum Gasteiger partial charge on any atom is 0.123 e. The fourth-order valence-corrected chi connectivity index (χ4v) is 2.81. The lowest BCUT2D eigenvalue weighted by Gasteiger charge is -2.15. The van der Waals surface area contributed by atoms with Gasteiger partial charge in [-0.05, 0) is 44.1 Å². The second-order valence-electron chi connectivity index (χ2n) is 5.94. The highest BCUT2D eigenvalue weighted by atomic mass is 15.2. The summed E-state index contributed by atoms with van der Waals surface area (Å²) in [6.07, 6.45) is 6.24. The average Bonchev–Trinajstić information content (AvgIpc) is 3.04. The number of benzene rings is 1. The SMILES string of the molecule is CN(CCCc1cnn(C)c1)Cc1nc2ccccc2n1C. The summed E-state index contributed by atoms with van der Waals surface area (Å²) >= 11 is 0. The highest BCUT2D eigenvalue weighted by molar-refractivity contribution is 5.75. The second-order valence-corrected chi connectivity index (χ2v) is 5.94. The van der Waals surface area contributed by atoms with Gasteiger partial charge in [-0.15, -0.1) is 0 Å². The van der Waals surface area contributed by atoms with Gasteiger partial charge in [-0.25, -0.2) is 4.98 Å². The Balaban J connectivity index is 1.56. The first-order valence-electron chi connectivity index (χ1n) is 7.70. The molecule has 5 nitrogen and oxygen atoms in total. The summed E-state index contributed by atoms with van der Waals surface area (Å²) in [5, 5.41) is 4.21. The van der Waals surface area contributed by atoms with Gasteiger partial charge in [0.25, 0.3) is 0 Å². The Morgan fingerprint density at radius 1 is 1.18 bits per heavy atom. The van der Waals surface area contributed by atoms with Gasteiger partial charge >= 0.3 is 0 Å². The van der Waals surface area contributed by atoms with E-state index >= 15 is 0 Å². The van der Waals surface area contributed by atoms with E-state index in [0.717, 1.165) is 37.3 Å². The molecule has 0 saturated carbocycles. The minimum atomic E-state index is 0.873. The van der Waals surface area contributed by atoms with Crippen LogP contribution in [0.5, 0.6) is 0 Å². The van der Waals surface area contributed by atoms with Crippen molar-refractivity contribution in [2.24, 2.45) is 14.1 Å². The molecule has 2 aromatic heterocycles. The van der Waals surface area contributed by atoms with Gasteiger partial charge in [-0.2, -0.15) is 5.10 Å². The van der Waals surface area contributed by atoms with Gasteiger partial charge in [0, 0.05) is 20.3 Å². The fourth-order valence-electron chi connectivity index (χ4n) is 2.81. The number of hydrogen-bond donors (Lipinski definition) is 0. The molecule has 0 radical (unpaired) electrons. The highest BCUT2D eigenvalue weighted by Gasteiger charge is 2.09. The molecule has 3 aromatic rings. The first-order chi connectivity index (χ1) is 10.6. The van der Waals surface area contributed by atoms with Crippen LogP contribution in [0.3, 0.4) is 0 Å². The molecule has 22 heavy (non-hydrogen) atoms. The molecule has 0 bridgehead atoms. The van der Waals surface area contributed by atoms with E-state index in [1.165, 1.54) is 11.1 Å². The summed E-state index contributed by atoms with van der Waals surface area (Å²) in [5.74, 6) is 1.12. The van der Waals surface area contributed by atoms with Crippen LogP contribution in [0.4, 0.5) is 0 Å². The van der Waals surface area contributed by atoms with Crippen LogP contribution in [0.15, 0.2) is 36.7 Å². The molecule has 0 fully saturated rings. The summed E-state index contributed by atoms with van der Waals surface area (Å²) < 4.78 is 4.05. The van der Waals surface area contributed by atoms with E-state index < -0.39 is 0 Å². The van der Waals surface area contributed by atoms with Crippen molar-refractivity contribution in [3.05, 3.63) is 48.0 Å². The second kappa shape index (κ2) is 6.32. The first-order valence-corrected chi connectivity index (χ1v) is 7.70. The van der Waals surface area contributed by atoms with Crippen LogP contribution in [-0.2, 0) is 27.1 Å². The van der Waals surface area contributed by atoms with Crippen LogP contribution in [0.2, 0.25) is 0 Å². The van der Waals surface area contributed by atoms with Crippen molar-refractivity contribution in [2.45, 2.75) is 19.4 Å². The van der Waals surface area contributed by atoms with E-state index in [-0.39, 0.29) is 0 Å². The maximum atomic E-state index is 4.73. The minimum Gasteiger partial charge on any atom is -0.330 e. The molecule has 0 aliphatic heterocycles. The smallest absolute Gasteiger partial charge is 0.123 e. The summed E-state index contributed by atoms with van der Waals surface area (Å²) in [6.45, 7) is 1.93. The van der Waals surface area contributed by atoms with Crippen molar-refractivity contribution in [3.8, 4) is 0 Å². The molecule has 0 aliphatic rings. The van der Waals surface area contributed by atoms with Gasteiger partial charge in [0.05, 0.1) is 23.8 Å². The third kappa shape index (κ3) is 3.20. The minimum absolute atomic E-state index is 0.873. The number of aryl methyl sites for hydroxylation is 3. The van der Waals surface area contributed by atoms with Crippen molar-refractivity contribution in [3.63, 3.8) is 0 Å². The lowest BCUT2D eigenvalue weighted by atomic mass is 10.2. The number of rotatable bonds is 6. The zero-order chi connectivity index (χ0) is 15.5. The number of para-hydroxylation sites is 2. The molecule has 5 heteroatoms. The van der Waals surface area contributed by atoms with Crippen molar-refractivity contribution < 1.29 is 0 Å². The van der Waals surface area contributed by atoms with Gasteiger partial charge in [0.1, 0.15) is 5.82 Å². The summed E-state index contributed by atoms with van der Waals surface area (Å²) in [6, 6.07) is 8.29. The molecule has 0 spiro atoms. The van der Waals surface area contributed by atoms with Gasteiger partial charge in [0.2, 0.25) is 0 Å². The molecular formula is C17H23N5. The van der Waals surface area contributed by atoms with Gasteiger partial charge in [0.15, 0.2) is 0 Å². The van der Waals surface area contributed by atoms with E-state index in [4.69, 9.17) is 4.98 Å². The molecule has 116 valence electrons. The van der Waals surface area contributed by atoms with Crippen LogP contribution in [0.25, 0.3) is 11.0 Å². The Kier molecular flexibility index (Phi) is 4.24. The van der Waals surface area contributed by atoms with Crippen LogP contribution in [-0.4, -0.2) is 37.8 Å². The summed E-state index contributed by atoms with van der Waals surface area (Å²) in [4.78, 5) is 7.06. The lowest BCUT2D eigenvalue weighted by molar-refractivity contribution is 0.311. The monoisotopic (exact) mass is 297 g/mol. The Hall–Kier alpha value is -2.14. The molecule has 2 heterocycles. The van der Waals surface area contributed by atoms with Crippen molar-refractivity contribution in [1.29, 1.82) is 0 Å². The molecule has 0 aliphatic carbocycles. The Bertz CT molecular complexity index is 755. The fraction of sp³-hybridized carbons (Fsp3) is 0.412. The number of fused-ring (bicyclic) bond motifs is 1. The predicted molar refractivity (Wildman–Crippen MR) is 88.6 cm³/mol. The van der Waals surface area contributed by atoms with E-state index in [1.807, 2.05) is 24.0 Å². The molecule has 3 rings (SSSR count). The van der Waals surface area contributed by atoms with E-state index in [2.05, 4.69) is 53.1 Å². The number of aromatic nitrogens is 4. The van der Waals surface area contributed by atoms with Gasteiger partial charge < -0.3 is 4.57 Å². The Morgan fingerprint density at radius 3 is 2.73 bits per heavy atom. The van der Waals surface area contributed by atoms with Gasteiger partial charge in [-0.3, -0.25) is 9.58 Å². The summed E-state index contributed by atoms with van der Waals surface area (Å²) in [7, 11) is 6.21. The number of hydrogen-bond acceptors (Lipinski definition) is 3. The van der Waals surface area contributed by atoms with Gasteiger partial charge in [-0.1, -0.05) is 12.1 Å². The third-order valence-electron chi connectivity index (χ3n) is 4.05. The van der Waals surface area contributed by atoms with Crippen molar-refractivity contribution >= 4 is 11.0 Å². The number of nitrogens with zero attached hydrogens (tertiary/aromatic N) is 5. The average molecular weight is 297 g/mol. The van der Waals surface area contributed by atoms with E-state index in [9.17, 15) is 0 Å². The molecule has 0 N–H and O–H groups in total. The van der Waals surface area contributed by atoms with E-state index in [0.29, 0.717) is 0 Å². The normalized spacial score (nSPS) is 11.6. The Labute approximate surface area is 131 Å². The molecule has 1 aromatic carbocycles. The van der Waals surface area contributed by atoms with Crippen molar-refractivity contribution in [1.82, 2.24) is 24.2 Å². The van der Waals surface area contributed by atoms with E-state index in [1.54, 1.807) is 0 Å². The maximum absolute atomic E-state index is 4.73. The molecule has 0 atom stereocenters. The molecule has 0 saturated heterocycles. The summed E-state index contributed by atoms with van der Waals surface area (Å²) in [5.41, 5.74) is 3.57. The molecule has 0 unspecified atom stereocenters. The lowest BCUT2D eigenvalue weighted by Crippen LogP contribution is -2.21. The standard InChI is InChI=1S/C17H23N5/c1-20(10-6-7-14-11-18-21(2)12-14)13-17-19-15-8-4-5-9-16(15)22(17)3/h4-5,8-9,11-12H,6-7,10,13H2,1-3H3. The highest BCUT2D eigenvalue weighted by Crippen LogP contribution is 2.15. The van der Waals surface area contributed by atoms with Crippen LogP contribution < -0.4 is 0 Å². The molecule has 0 amide bonds. The zero-order valence-corrected chi connectivity index (χ0v) is 13.5. The number of imidazole rings is 1. The zero-order valence-electron chi connectivity index (χ0n) is 13.5. The molecular weight excluding hydrogens is 274 g/mol.